The van der Waals surface area contributed by atoms with Crippen molar-refractivity contribution in [1.29, 1.82) is 0 Å². The second-order valence-corrected chi connectivity index (χ2v) is 8.21. The van der Waals surface area contributed by atoms with Gasteiger partial charge in [0, 0.05) is 16.9 Å². The van der Waals surface area contributed by atoms with E-state index in [0.717, 1.165) is 38.4 Å². The van der Waals surface area contributed by atoms with Gasteiger partial charge in [-0.3, -0.25) is 4.79 Å². The van der Waals surface area contributed by atoms with Crippen molar-refractivity contribution in [1.82, 2.24) is 19.7 Å². The van der Waals surface area contributed by atoms with E-state index in [2.05, 4.69) is 26.4 Å². The van der Waals surface area contributed by atoms with E-state index in [1.807, 2.05) is 74.0 Å². The van der Waals surface area contributed by atoms with Crippen LogP contribution in [0.5, 0.6) is 0 Å². The number of carbonyl (C=O) groups excluding carboxylic acids is 1. The van der Waals surface area contributed by atoms with Gasteiger partial charge in [0.05, 0.1) is 21.4 Å². The average molecular weight is 426 g/mol. The number of carbonyl (C=O) groups is 1. The van der Waals surface area contributed by atoms with Gasteiger partial charge in [-0.25, -0.2) is 14.6 Å². The molecular formula is C24H19N5OS. The van der Waals surface area contributed by atoms with Crippen molar-refractivity contribution in [3.8, 4) is 17.1 Å². The molecule has 5 rings (SSSR count). The van der Waals surface area contributed by atoms with Crippen LogP contribution in [0.25, 0.3) is 27.3 Å². The number of fused-ring (bicyclic) bond motifs is 1. The molecule has 2 aromatic carbocycles. The zero-order valence-electron chi connectivity index (χ0n) is 17.0. The van der Waals surface area contributed by atoms with Crippen LogP contribution in [0, 0.1) is 13.8 Å². The first-order valence-corrected chi connectivity index (χ1v) is 10.7. The van der Waals surface area contributed by atoms with Crippen molar-refractivity contribution < 1.29 is 4.79 Å². The Morgan fingerprint density at radius 1 is 1.00 bits per heavy atom. The maximum atomic E-state index is 13.0. The molecular weight excluding hydrogens is 406 g/mol. The van der Waals surface area contributed by atoms with Crippen LogP contribution in [0.2, 0.25) is 0 Å². The lowest BCUT2D eigenvalue weighted by Gasteiger charge is -2.07. The number of hydrogen-bond acceptors (Lipinski definition) is 5. The molecule has 0 saturated heterocycles. The van der Waals surface area contributed by atoms with Crippen LogP contribution < -0.4 is 5.32 Å². The highest BCUT2D eigenvalue weighted by Gasteiger charge is 2.18. The summed E-state index contributed by atoms with van der Waals surface area (Å²) in [6.07, 6.45) is 0. The third kappa shape index (κ3) is 3.83. The Hall–Kier alpha value is -3.84. The molecule has 0 bridgehead atoms. The summed E-state index contributed by atoms with van der Waals surface area (Å²) in [5.74, 6) is 0.395. The molecule has 0 aliphatic heterocycles. The molecule has 152 valence electrons. The smallest absolute Gasteiger partial charge is 0.276 e. The van der Waals surface area contributed by atoms with Crippen LogP contribution >= 0.6 is 11.3 Å². The summed E-state index contributed by atoms with van der Waals surface area (Å²) in [7, 11) is 0. The van der Waals surface area contributed by atoms with Crippen LogP contribution in [0.4, 0.5) is 5.69 Å². The van der Waals surface area contributed by atoms with Crippen LogP contribution in [-0.2, 0) is 0 Å². The highest BCUT2D eigenvalue weighted by Crippen LogP contribution is 2.28. The lowest BCUT2D eigenvalue weighted by atomic mass is 10.1. The summed E-state index contributed by atoms with van der Waals surface area (Å²) in [5.41, 5.74) is 7.53. The number of nitrogens with zero attached hydrogens (tertiary/aromatic N) is 4. The number of amides is 1. The summed E-state index contributed by atoms with van der Waals surface area (Å²) in [6.45, 7) is 3.92. The Labute approximate surface area is 183 Å². The molecule has 3 aromatic heterocycles. The quantitative estimate of drug-likeness (QED) is 0.418. The number of aryl methyl sites for hydroxylation is 2. The van der Waals surface area contributed by atoms with Crippen molar-refractivity contribution in [3.63, 3.8) is 0 Å². The average Bonchev–Trinajstić information content (AvgIpc) is 3.40. The molecule has 0 radical (unpaired) electrons. The van der Waals surface area contributed by atoms with E-state index in [4.69, 9.17) is 0 Å². The molecule has 0 saturated carbocycles. The summed E-state index contributed by atoms with van der Waals surface area (Å²) in [4.78, 5) is 21.9. The number of thiazole rings is 1. The molecule has 31 heavy (non-hydrogen) atoms. The molecule has 1 amide bonds. The molecule has 0 spiro atoms. The maximum Gasteiger partial charge on any atom is 0.276 e. The molecule has 0 atom stereocenters. The SMILES string of the molecule is Cc1cccc(NC(=O)c2cc(-c3ccc4ncsc4c3)n(-c3cccc(C)n3)n2)c1. The van der Waals surface area contributed by atoms with Gasteiger partial charge in [0.25, 0.3) is 5.91 Å². The van der Waals surface area contributed by atoms with Gasteiger partial charge in [-0.05, 0) is 61.9 Å². The van der Waals surface area contributed by atoms with E-state index in [1.165, 1.54) is 0 Å². The minimum absolute atomic E-state index is 0.267. The maximum absolute atomic E-state index is 13.0. The minimum Gasteiger partial charge on any atom is -0.321 e. The highest BCUT2D eigenvalue weighted by molar-refractivity contribution is 7.16. The van der Waals surface area contributed by atoms with Crippen molar-refractivity contribution in [2.45, 2.75) is 13.8 Å². The van der Waals surface area contributed by atoms with Gasteiger partial charge >= 0.3 is 0 Å². The zero-order chi connectivity index (χ0) is 21.4. The van der Waals surface area contributed by atoms with E-state index in [9.17, 15) is 4.79 Å². The van der Waals surface area contributed by atoms with Gasteiger partial charge in [0.2, 0.25) is 0 Å². The van der Waals surface area contributed by atoms with Crippen molar-refractivity contribution in [2.75, 3.05) is 5.32 Å². The summed E-state index contributed by atoms with van der Waals surface area (Å²) < 4.78 is 2.80. The van der Waals surface area contributed by atoms with Crippen LogP contribution in [0.15, 0.2) is 72.2 Å². The molecule has 3 heterocycles. The number of pyridine rings is 1. The van der Waals surface area contributed by atoms with Gasteiger partial charge in [0.1, 0.15) is 0 Å². The van der Waals surface area contributed by atoms with Crippen LogP contribution in [-0.4, -0.2) is 25.7 Å². The van der Waals surface area contributed by atoms with Gasteiger partial charge in [-0.1, -0.05) is 24.3 Å². The predicted molar refractivity (Wildman–Crippen MR) is 124 cm³/mol. The number of rotatable bonds is 4. The third-order valence-electron chi connectivity index (χ3n) is 4.94. The fourth-order valence-electron chi connectivity index (χ4n) is 3.45. The fourth-order valence-corrected chi connectivity index (χ4v) is 4.17. The molecule has 0 fully saturated rings. The second-order valence-electron chi connectivity index (χ2n) is 7.32. The Morgan fingerprint density at radius 3 is 2.71 bits per heavy atom. The Bertz CT molecular complexity index is 1420. The van der Waals surface area contributed by atoms with Gasteiger partial charge < -0.3 is 5.32 Å². The number of nitrogens with one attached hydrogen (secondary N) is 1. The third-order valence-corrected chi connectivity index (χ3v) is 5.73. The molecule has 0 aliphatic rings. The fraction of sp³-hybridized carbons (Fsp3) is 0.0833. The predicted octanol–water partition coefficient (Wildman–Crippen LogP) is 5.41. The van der Waals surface area contributed by atoms with E-state index in [-0.39, 0.29) is 5.91 Å². The van der Waals surface area contributed by atoms with Crippen molar-refractivity contribution in [3.05, 3.63) is 89.2 Å². The standard InChI is InChI=1S/C24H19N5OS/c1-15-5-3-7-18(11-15)27-24(30)20-13-21(17-9-10-19-22(12-17)31-14-25-19)29(28-20)23-8-4-6-16(2)26-23/h3-14H,1-2H3,(H,27,30). The topological polar surface area (TPSA) is 72.7 Å². The molecule has 0 aliphatic carbocycles. The first-order valence-electron chi connectivity index (χ1n) is 9.82. The summed E-state index contributed by atoms with van der Waals surface area (Å²) >= 11 is 1.58. The first kappa shape index (κ1) is 19.1. The van der Waals surface area contributed by atoms with Crippen molar-refractivity contribution >= 4 is 33.1 Å². The molecule has 1 N–H and O–H groups in total. The first-order chi connectivity index (χ1) is 15.1. The number of benzene rings is 2. The van der Waals surface area contributed by atoms with Crippen LogP contribution in [0.3, 0.4) is 0 Å². The zero-order valence-corrected chi connectivity index (χ0v) is 17.9. The lowest BCUT2D eigenvalue weighted by Crippen LogP contribution is -2.13. The molecule has 5 aromatic rings. The lowest BCUT2D eigenvalue weighted by molar-refractivity contribution is 0.102. The van der Waals surface area contributed by atoms with Crippen molar-refractivity contribution in [2.24, 2.45) is 0 Å². The van der Waals surface area contributed by atoms with Gasteiger partial charge in [-0.2, -0.15) is 5.10 Å². The normalized spacial score (nSPS) is 11.0. The summed E-state index contributed by atoms with van der Waals surface area (Å²) in [6, 6.07) is 21.3. The second kappa shape index (κ2) is 7.77. The Morgan fingerprint density at radius 2 is 1.87 bits per heavy atom. The number of anilines is 1. The molecule has 0 unspecified atom stereocenters. The van der Waals surface area contributed by atoms with E-state index in [1.54, 1.807) is 22.1 Å². The largest absolute Gasteiger partial charge is 0.321 e. The Balaban J connectivity index is 1.60. The number of aromatic nitrogens is 4. The number of hydrogen-bond donors (Lipinski definition) is 1. The Kier molecular flexibility index (Phi) is 4.80. The minimum atomic E-state index is -0.267. The highest BCUT2D eigenvalue weighted by atomic mass is 32.1. The van der Waals surface area contributed by atoms with E-state index >= 15 is 0 Å². The van der Waals surface area contributed by atoms with Crippen LogP contribution in [0.1, 0.15) is 21.7 Å². The molecule has 7 heteroatoms. The molecule has 6 nitrogen and oxygen atoms in total. The summed E-state index contributed by atoms with van der Waals surface area (Å²) in [5, 5.41) is 7.55. The monoisotopic (exact) mass is 425 g/mol. The van der Waals surface area contributed by atoms with Gasteiger partial charge in [0.15, 0.2) is 11.5 Å². The van der Waals surface area contributed by atoms with Gasteiger partial charge in [-0.15, -0.1) is 11.3 Å². The van der Waals surface area contributed by atoms with E-state index < -0.39 is 0 Å². The van der Waals surface area contributed by atoms with E-state index in [0.29, 0.717) is 11.5 Å².